The third-order valence-corrected chi connectivity index (χ3v) is 14.4. The fourth-order valence-corrected chi connectivity index (χ4v) is 9.46. The van der Waals surface area contributed by atoms with E-state index in [1.807, 2.05) is 0 Å². The van der Waals surface area contributed by atoms with Crippen molar-refractivity contribution in [2.75, 3.05) is 67.1 Å². The monoisotopic (exact) mass is 999 g/mol. The lowest BCUT2D eigenvalue weighted by Gasteiger charge is -2.30. The minimum absolute atomic E-state index is 0.449. The second-order valence-electron chi connectivity index (χ2n) is 20.6. The van der Waals surface area contributed by atoms with Gasteiger partial charge < -0.3 is 14.7 Å². The van der Waals surface area contributed by atoms with E-state index in [2.05, 4.69) is 215 Å². The Bertz CT molecular complexity index is 2300. The highest BCUT2D eigenvalue weighted by Gasteiger charge is 2.17. The highest BCUT2D eigenvalue weighted by atomic mass is 15.1. The molecule has 5 rings (SSSR count). The second kappa shape index (κ2) is 34.9. The van der Waals surface area contributed by atoms with Crippen LogP contribution in [0.4, 0.5) is 17.1 Å². The van der Waals surface area contributed by atoms with E-state index in [9.17, 15) is 0 Å². The molecule has 0 spiro atoms. The van der Waals surface area contributed by atoms with Crippen molar-refractivity contribution in [2.24, 2.45) is 0 Å². The molecule has 6 heteroatoms. The molecular weight excluding hydrogens is 901 g/mol. The van der Waals surface area contributed by atoms with Crippen molar-refractivity contribution in [1.29, 1.82) is 0 Å². The van der Waals surface area contributed by atoms with Crippen LogP contribution >= 0.6 is 0 Å². The molecule has 1 heterocycles. The first-order chi connectivity index (χ1) is 36.4. The van der Waals surface area contributed by atoms with Crippen molar-refractivity contribution >= 4 is 59.6 Å². The summed E-state index contributed by atoms with van der Waals surface area (Å²) in [6.07, 6.45) is 45.0. The van der Waals surface area contributed by atoms with Gasteiger partial charge in [0.1, 0.15) is 0 Å². The molecule has 0 aliphatic heterocycles. The number of rotatable bonds is 36. The molecule has 0 bridgehead atoms. The first-order valence-corrected chi connectivity index (χ1v) is 29.7. The van der Waals surface area contributed by atoms with Gasteiger partial charge in [-0.2, -0.15) is 0 Å². The van der Waals surface area contributed by atoms with Crippen LogP contribution in [0.2, 0.25) is 0 Å². The predicted octanol–water partition coefficient (Wildman–Crippen LogP) is 18.4. The van der Waals surface area contributed by atoms with E-state index in [1.165, 1.54) is 125 Å². The van der Waals surface area contributed by atoms with Crippen molar-refractivity contribution in [3.8, 4) is 0 Å². The third-order valence-electron chi connectivity index (χ3n) is 14.4. The maximum Gasteiger partial charge on any atom is 0.0894 e. The highest BCUT2D eigenvalue weighted by Crippen LogP contribution is 2.26. The summed E-state index contributed by atoms with van der Waals surface area (Å²) < 4.78 is 0. The molecule has 0 fully saturated rings. The summed E-state index contributed by atoms with van der Waals surface area (Å²) in [5.74, 6) is 0. The molecular formula is C68H98N6. The molecule has 1 unspecified atom stereocenters. The molecule has 1 aliphatic rings. The fraction of sp³-hybridized carbons (Fsp3) is 0.500. The Hall–Kier alpha value is -5.46. The summed E-state index contributed by atoms with van der Waals surface area (Å²) in [5.41, 5.74) is 11.9. The zero-order valence-corrected chi connectivity index (χ0v) is 47.7. The van der Waals surface area contributed by atoms with Gasteiger partial charge in [-0.05, 0) is 154 Å². The molecule has 0 saturated carbocycles. The Labute approximate surface area is 452 Å². The molecule has 3 aromatic carbocycles. The molecule has 4 aromatic rings. The number of anilines is 3. The Kier molecular flexibility index (Phi) is 28.0. The lowest BCUT2D eigenvalue weighted by molar-refractivity contribution is 0.221. The average molecular weight is 1000 g/mol. The van der Waals surface area contributed by atoms with Crippen LogP contribution in [-0.2, 0) is 0 Å². The lowest BCUT2D eigenvalue weighted by atomic mass is 10.00. The van der Waals surface area contributed by atoms with Gasteiger partial charge in [0, 0.05) is 62.4 Å². The molecule has 1 atom stereocenters. The van der Waals surface area contributed by atoms with Gasteiger partial charge in [-0.1, -0.05) is 186 Å². The Morgan fingerprint density at radius 3 is 0.919 bits per heavy atom. The summed E-state index contributed by atoms with van der Waals surface area (Å²) in [5, 5.41) is 0. The summed E-state index contributed by atoms with van der Waals surface area (Å²) in [6, 6.07) is 27.7. The third kappa shape index (κ3) is 20.3. The van der Waals surface area contributed by atoms with E-state index < -0.39 is 0 Å². The summed E-state index contributed by atoms with van der Waals surface area (Å²) in [7, 11) is 0. The van der Waals surface area contributed by atoms with E-state index in [0.717, 1.165) is 98.2 Å². The van der Waals surface area contributed by atoms with Gasteiger partial charge in [0.15, 0.2) is 0 Å². The summed E-state index contributed by atoms with van der Waals surface area (Å²) >= 11 is 0. The minimum atomic E-state index is 0.449. The first kappa shape index (κ1) is 59.4. The highest BCUT2D eigenvalue weighted by molar-refractivity contribution is 5.80. The van der Waals surface area contributed by atoms with Gasteiger partial charge in [-0.15, -0.1) is 0 Å². The van der Waals surface area contributed by atoms with Crippen molar-refractivity contribution in [3.05, 3.63) is 142 Å². The molecule has 0 radical (unpaired) electrons. The number of hydrogen-bond donors (Lipinski definition) is 0. The second-order valence-corrected chi connectivity index (χ2v) is 20.6. The van der Waals surface area contributed by atoms with Gasteiger partial charge in [0.2, 0.25) is 0 Å². The molecule has 74 heavy (non-hydrogen) atoms. The number of hydrogen-bond acceptors (Lipinski definition) is 6. The number of allylic oxidation sites excluding steroid dienone is 3. The quantitative estimate of drug-likeness (QED) is 0.0452. The Morgan fingerprint density at radius 2 is 0.649 bits per heavy atom. The number of benzene rings is 3. The molecule has 400 valence electrons. The fourth-order valence-electron chi connectivity index (χ4n) is 9.46. The Balaban J connectivity index is 1.56. The molecule has 6 nitrogen and oxygen atoms in total. The predicted molar refractivity (Wildman–Crippen MR) is 330 cm³/mol. The topological polar surface area (TPSA) is 38.7 Å². The average Bonchev–Trinajstić information content (AvgIpc) is 3.44. The van der Waals surface area contributed by atoms with E-state index in [1.54, 1.807) is 0 Å². The van der Waals surface area contributed by atoms with Crippen LogP contribution in [0.15, 0.2) is 103 Å². The standard InChI is InChI=1S/C68H98N6/c1-9-17-49-71(50-18-10-2)61-37-25-57(26-38-61)33-45-65-66(46-34-58-27-39-62(40-28-58)72(51-19-11-3)52-20-12-4)70-68(48-36-60-31-43-64(44-32-60)74(55-23-15-7)56-24-16-8)67(69-65)47-35-59-29-41-63(42-30-59)73(53-21-13-5)54-22-14-6/h25-43,45-48,64H,9-24,44,49-56H2,1-8H3/b45-33-,46-34+,47-35-,48-36-. The van der Waals surface area contributed by atoms with Gasteiger partial charge >= 0.3 is 0 Å². The van der Waals surface area contributed by atoms with Crippen LogP contribution in [0.5, 0.6) is 0 Å². The first-order valence-electron chi connectivity index (χ1n) is 29.7. The van der Waals surface area contributed by atoms with Crippen molar-refractivity contribution in [2.45, 2.75) is 171 Å². The van der Waals surface area contributed by atoms with Crippen molar-refractivity contribution in [1.82, 2.24) is 14.9 Å². The van der Waals surface area contributed by atoms with E-state index >= 15 is 0 Å². The maximum atomic E-state index is 5.49. The zero-order chi connectivity index (χ0) is 52.6. The van der Waals surface area contributed by atoms with Crippen LogP contribution in [0.25, 0.3) is 42.5 Å². The van der Waals surface area contributed by atoms with Crippen LogP contribution in [0.1, 0.15) is 204 Å². The smallest absolute Gasteiger partial charge is 0.0894 e. The zero-order valence-electron chi connectivity index (χ0n) is 47.7. The summed E-state index contributed by atoms with van der Waals surface area (Å²) in [6.45, 7) is 27.2. The van der Waals surface area contributed by atoms with Gasteiger partial charge in [0.25, 0.3) is 0 Å². The van der Waals surface area contributed by atoms with Crippen LogP contribution < -0.4 is 14.7 Å². The lowest BCUT2D eigenvalue weighted by Crippen LogP contribution is -2.36. The number of unbranched alkanes of at least 4 members (excludes halogenated alkanes) is 8. The van der Waals surface area contributed by atoms with Crippen LogP contribution in [-0.4, -0.2) is 73.3 Å². The molecule has 1 aliphatic carbocycles. The van der Waals surface area contributed by atoms with Crippen molar-refractivity contribution in [3.63, 3.8) is 0 Å². The molecule has 1 aromatic heterocycles. The van der Waals surface area contributed by atoms with Gasteiger partial charge in [-0.25, -0.2) is 9.97 Å². The SMILES string of the molecule is CCCCN(CCCC)c1ccc(/C=C\c2nc(/C=C\c3ccc(N(CCCC)CCCC)cc3)c(/C=C/c3ccc(N(CCCC)CCCC)cc3)nc2/C=C\C2=CCC(N(CCCC)CCCC)C=C2)cc1. The van der Waals surface area contributed by atoms with Gasteiger partial charge in [0.05, 0.1) is 22.8 Å². The number of nitrogens with zero attached hydrogens (tertiary/aromatic N) is 6. The van der Waals surface area contributed by atoms with Crippen molar-refractivity contribution < 1.29 is 0 Å². The Morgan fingerprint density at radius 1 is 0.365 bits per heavy atom. The molecule has 0 N–H and O–H groups in total. The van der Waals surface area contributed by atoms with E-state index in [4.69, 9.17) is 9.97 Å². The maximum absolute atomic E-state index is 5.49. The minimum Gasteiger partial charge on any atom is -0.372 e. The molecule has 0 amide bonds. The summed E-state index contributed by atoms with van der Waals surface area (Å²) in [4.78, 5) is 21.3. The van der Waals surface area contributed by atoms with E-state index in [0.29, 0.717) is 6.04 Å². The van der Waals surface area contributed by atoms with Crippen LogP contribution in [0.3, 0.4) is 0 Å². The van der Waals surface area contributed by atoms with E-state index in [-0.39, 0.29) is 0 Å². The normalized spacial score (nSPS) is 13.9. The van der Waals surface area contributed by atoms with Crippen LogP contribution in [0, 0.1) is 0 Å². The van der Waals surface area contributed by atoms with Gasteiger partial charge in [-0.3, -0.25) is 4.90 Å². The molecule has 0 saturated heterocycles. The number of aromatic nitrogens is 2. The largest absolute Gasteiger partial charge is 0.372 e.